The fourth-order valence-electron chi connectivity index (χ4n) is 3.27. The molecule has 25 heavy (non-hydrogen) atoms. The molecule has 4 aromatic rings. The van der Waals surface area contributed by atoms with Gasteiger partial charge in [-0.15, -0.1) is 0 Å². The Morgan fingerprint density at radius 2 is 1.40 bits per heavy atom. The standard InChI is InChI=1S/C22H17NO2/c1-25-22(24)23-20-14-13-16-8-3-5-11-18(16)21(20)19-12-6-9-15-7-2-4-10-17(15)19/h2-14H,1H3,(H,23,24). The second kappa shape index (κ2) is 6.29. The van der Waals surface area contributed by atoms with Crippen molar-refractivity contribution in [3.63, 3.8) is 0 Å². The fourth-order valence-corrected chi connectivity index (χ4v) is 3.27. The van der Waals surface area contributed by atoms with Gasteiger partial charge in [-0.25, -0.2) is 4.79 Å². The van der Waals surface area contributed by atoms with Crippen molar-refractivity contribution < 1.29 is 9.53 Å². The van der Waals surface area contributed by atoms with Crippen LogP contribution in [-0.4, -0.2) is 13.2 Å². The second-order valence-electron chi connectivity index (χ2n) is 5.85. The van der Waals surface area contributed by atoms with E-state index in [0.29, 0.717) is 0 Å². The molecular weight excluding hydrogens is 310 g/mol. The molecule has 0 heterocycles. The predicted octanol–water partition coefficient (Wildman–Crippen LogP) is 5.84. The zero-order valence-corrected chi connectivity index (χ0v) is 13.8. The third-order valence-electron chi connectivity index (χ3n) is 4.41. The highest BCUT2D eigenvalue weighted by Crippen LogP contribution is 2.39. The van der Waals surface area contributed by atoms with Gasteiger partial charge >= 0.3 is 6.09 Å². The van der Waals surface area contributed by atoms with Crippen LogP contribution in [0.5, 0.6) is 0 Å². The number of fused-ring (bicyclic) bond motifs is 2. The molecule has 0 unspecified atom stereocenters. The Morgan fingerprint density at radius 3 is 2.16 bits per heavy atom. The molecule has 0 radical (unpaired) electrons. The average molecular weight is 327 g/mol. The van der Waals surface area contributed by atoms with E-state index in [1.54, 1.807) is 0 Å². The first-order valence-corrected chi connectivity index (χ1v) is 8.13. The zero-order chi connectivity index (χ0) is 17.2. The van der Waals surface area contributed by atoms with E-state index in [4.69, 9.17) is 4.74 Å². The van der Waals surface area contributed by atoms with Crippen LogP contribution >= 0.6 is 0 Å². The fraction of sp³-hybridized carbons (Fsp3) is 0.0455. The molecule has 3 nitrogen and oxygen atoms in total. The van der Waals surface area contributed by atoms with Crippen molar-refractivity contribution in [1.29, 1.82) is 0 Å². The molecular formula is C22H17NO2. The largest absolute Gasteiger partial charge is 0.453 e. The van der Waals surface area contributed by atoms with Crippen molar-refractivity contribution in [2.45, 2.75) is 0 Å². The van der Waals surface area contributed by atoms with Crippen LogP contribution < -0.4 is 5.32 Å². The van der Waals surface area contributed by atoms with Gasteiger partial charge in [0, 0.05) is 5.56 Å². The van der Waals surface area contributed by atoms with Gasteiger partial charge in [0.1, 0.15) is 0 Å². The van der Waals surface area contributed by atoms with Crippen molar-refractivity contribution >= 4 is 33.3 Å². The Bertz CT molecular complexity index is 1080. The van der Waals surface area contributed by atoms with E-state index >= 15 is 0 Å². The van der Waals surface area contributed by atoms with Gasteiger partial charge in [-0.1, -0.05) is 72.8 Å². The van der Waals surface area contributed by atoms with Gasteiger partial charge in [0.25, 0.3) is 0 Å². The highest BCUT2D eigenvalue weighted by Gasteiger charge is 2.14. The van der Waals surface area contributed by atoms with Gasteiger partial charge in [-0.05, 0) is 33.2 Å². The van der Waals surface area contributed by atoms with Crippen LogP contribution in [0.2, 0.25) is 0 Å². The molecule has 0 fully saturated rings. The van der Waals surface area contributed by atoms with Crippen LogP contribution in [0.3, 0.4) is 0 Å². The molecule has 4 rings (SSSR count). The summed E-state index contributed by atoms with van der Waals surface area (Å²) in [6, 6.07) is 26.6. The molecule has 0 aromatic heterocycles. The highest BCUT2D eigenvalue weighted by molar-refractivity contribution is 6.11. The predicted molar refractivity (Wildman–Crippen MR) is 103 cm³/mol. The molecule has 0 bridgehead atoms. The number of amides is 1. The minimum atomic E-state index is -0.475. The van der Waals surface area contributed by atoms with Crippen molar-refractivity contribution in [1.82, 2.24) is 0 Å². The Balaban J connectivity index is 2.07. The maximum Gasteiger partial charge on any atom is 0.411 e. The Labute approximate surface area is 145 Å². The van der Waals surface area contributed by atoms with E-state index in [9.17, 15) is 4.79 Å². The minimum Gasteiger partial charge on any atom is -0.453 e. The van der Waals surface area contributed by atoms with E-state index in [2.05, 4.69) is 41.7 Å². The lowest BCUT2D eigenvalue weighted by molar-refractivity contribution is 0.187. The molecule has 122 valence electrons. The monoisotopic (exact) mass is 327 g/mol. The first kappa shape index (κ1) is 15.2. The van der Waals surface area contributed by atoms with E-state index in [1.165, 1.54) is 7.11 Å². The summed E-state index contributed by atoms with van der Waals surface area (Å²) in [6.07, 6.45) is -0.475. The Hall–Kier alpha value is -3.33. The van der Waals surface area contributed by atoms with E-state index < -0.39 is 6.09 Å². The number of rotatable bonds is 2. The summed E-state index contributed by atoms with van der Waals surface area (Å²) in [4.78, 5) is 11.8. The van der Waals surface area contributed by atoms with Gasteiger partial charge in [-0.3, -0.25) is 5.32 Å². The zero-order valence-electron chi connectivity index (χ0n) is 13.8. The Kier molecular flexibility index (Phi) is 3.82. The van der Waals surface area contributed by atoms with E-state index in [0.717, 1.165) is 38.4 Å². The van der Waals surface area contributed by atoms with Crippen LogP contribution in [-0.2, 0) is 4.74 Å². The van der Waals surface area contributed by atoms with Crippen LogP contribution in [0, 0.1) is 0 Å². The molecule has 0 aliphatic heterocycles. The van der Waals surface area contributed by atoms with Crippen molar-refractivity contribution in [2.75, 3.05) is 12.4 Å². The molecule has 1 amide bonds. The maximum atomic E-state index is 11.8. The summed E-state index contributed by atoms with van der Waals surface area (Å²) in [5.74, 6) is 0. The Morgan fingerprint density at radius 1 is 0.760 bits per heavy atom. The summed E-state index contributed by atoms with van der Waals surface area (Å²) in [6.45, 7) is 0. The highest BCUT2D eigenvalue weighted by atomic mass is 16.5. The minimum absolute atomic E-state index is 0.475. The van der Waals surface area contributed by atoms with Crippen LogP contribution in [0.4, 0.5) is 10.5 Å². The number of hydrogen-bond acceptors (Lipinski definition) is 2. The van der Waals surface area contributed by atoms with Crippen molar-refractivity contribution in [3.8, 4) is 11.1 Å². The average Bonchev–Trinajstić information content (AvgIpc) is 2.67. The van der Waals surface area contributed by atoms with E-state index in [1.807, 2.05) is 42.5 Å². The van der Waals surface area contributed by atoms with Gasteiger partial charge in [-0.2, -0.15) is 0 Å². The van der Waals surface area contributed by atoms with Gasteiger partial charge < -0.3 is 4.74 Å². The van der Waals surface area contributed by atoms with Crippen LogP contribution in [0.15, 0.2) is 78.9 Å². The molecule has 3 heteroatoms. The third-order valence-corrected chi connectivity index (χ3v) is 4.41. The second-order valence-corrected chi connectivity index (χ2v) is 5.85. The van der Waals surface area contributed by atoms with Gasteiger partial charge in [0.15, 0.2) is 0 Å². The molecule has 0 aliphatic carbocycles. The number of ether oxygens (including phenoxy) is 1. The summed E-state index contributed by atoms with van der Waals surface area (Å²) in [7, 11) is 1.37. The lowest BCUT2D eigenvalue weighted by Crippen LogP contribution is -2.11. The van der Waals surface area contributed by atoms with Crippen molar-refractivity contribution in [3.05, 3.63) is 78.9 Å². The molecule has 0 aliphatic rings. The number of nitrogens with one attached hydrogen (secondary N) is 1. The SMILES string of the molecule is COC(=O)Nc1ccc2ccccc2c1-c1cccc2ccccc12. The number of carbonyl (C=O) groups is 1. The summed E-state index contributed by atoms with van der Waals surface area (Å²) >= 11 is 0. The topological polar surface area (TPSA) is 38.3 Å². The first-order valence-electron chi connectivity index (χ1n) is 8.13. The first-order chi connectivity index (χ1) is 12.3. The quantitative estimate of drug-likeness (QED) is 0.502. The van der Waals surface area contributed by atoms with Crippen LogP contribution in [0.25, 0.3) is 32.7 Å². The number of benzene rings is 4. The van der Waals surface area contributed by atoms with Crippen molar-refractivity contribution in [2.24, 2.45) is 0 Å². The molecule has 0 spiro atoms. The smallest absolute Gasteiger partial charge is 0.411 e. The molecule has 4 aromatic carbocycles. The van der Waals surface area contributed by atoms with E-state index in [-0.39, 0.29) is 0 Å². The normalized spacial score (nSPS) is 10.8. The number of carbonyl (C=O) groups excluding carboxylic acids is 1. The number of anilines is 1. The summed E-state index contributed by atoms with van der Waals surface area (Å²) in [5.41, 5.74) is 2.82. The number of hydrogen-bond donors (Lipinski definition) is 1. The lowest BCUT2D eigenvalue weighted by atomic mass is 9.92. The van der Waals surface area contributed by atoms with Gasteiger partial charge in [0.05, 0.1) is 12.8 Å². The van der Waals surface area contributed by atoms with Gasteiger partial charge in [0.2, 0.25) is 0 Å². The lowest BCUT2D eigenvalue weighted by Gasteiger charge is -2.16. The molecule has 0 atom stereocenters. The van der Waals surface area contributed by atoms with Crippen LogP contribution in [0.1, 0.15) is 0 Å². The molecule has 0 saturated heterocycles. The third kappa shape index (κ3) is 2.70. The molecule has 0 saturated carbocycles. The molecule has 1 N–H and O–H groups in total. The summed E-state index contributed by atoms with van der Waals surface area (Å²) < 4.78 is 4.79. The summed E-state index contributed by atoms with van der Waals surface area (Å²) in [5, 5.41) is 7.38. The number of methoxy groups -OCH3 is 1. The maximum absolute atomic E-state index is 11.8.